The minimum Gasteiger partial charge on any atom is -0.508 e. The summed E-state index contributed by atoms with van der Waals surface area (Å²) in [6.07, 6.45) is 0. The van der Waals surface area contributed by atoms with Crippen LogP contribution in [0, 0.1) is 0 Å². The monoisotopic (exact) mass is 197 g/mol. The lowest BCUT2D eigenvalue weighted by atomic mass is 10.3. The van der Waals surface area contributed by atoms with Crippen molar-refractivity contribution in [2.45, 2.75) is 0 Å². The molecule has 78 valence electrons. The number of nitrogens with two attached hydrogens (primary N) is 1. The van der Waals surface area contributed by atoms with Crippen LogP contribution in [0.1, 0.15) is 0 Å². The molecule has 1 aliphatic heterocycles. The van der Waals surface area contributed by atoms with Gasteiger partial charge in [-0.15, -0.1) is 0 Å². The Morgan fingerprint density at radius 3 is 1.64 bits per heavy atom. The van der Waals surface area contributed by atoms with Gasteiger partial charge in [-0.1, -0.05) is 0 Å². The van der Waals surface area contributed by atoms with Gasteiger partial charge < -0.3 is 20.3 Å². The number of rotatable bonds is 0. The molecule has 0 saturated carbocycles. The van der Waals surface area contributed by atoms with Gasteiger partial charge in [-0.25, -0.2) is 0 Å². The lowest BCUT2D eigenvalue weighted by molar-refractivity contribution is -0.0334. The molecule has 14 heavy (non-hydrogen) atoms. The first kappa shape index (κ1) is 10.8. The molecule has 0 unspecified atom stereocenters. The van der Waals surface area contributed by atoms with E-state index in [0.717, 1.165) is 26.4 Å². The van der Waals surface area contributed by atoms with E-state index in [1.54, 1.807) is 24.3 Å². The number of phenols is 1. The Balaban J connectivity index is 0.000000146. The molecular formula is C10H15NO3. The van der Waals surface area contributed by atoms with Gasteiger partial charge in [-0.3, -0.25) is 0 Å². The van der Waals surface area contributed by atoms with E-state index in [1.807, 2.05) is 0 Å². The fourth-order valence-corrected chi connectivity index (χ4v) is 0.914. The Hall–Kier alpha value is -1.26. The molecule has 0 amide bonds. The maximum atomic E-state index is 8.70. The van der Waals surface area contributed by atoms with Crippen molar-refractivity contribution >= 4 is 5.69 Å². The summed E-state index contributed by atoms with van der Waals surface area (Å²) in [7, 11) is 0. The van der Waals surface area contributed by atoms with Crippen LogP contribution < -0.4 is 5.73 Å². The number of benzene rings is 1. The van der Waals surface area contributed by atoms with Crippen LogP contribution >= 0.6 is 0 Å². The van der Waals surface area contributed by atoms with Gasteiger partial charge in [0.15, 0.2) is 0 Å². The second-order valence-corrected chi connectivity index (χ2v) is 2.82. The summed E-state index contributed by atoms with van der Waals surface area (Å²) in [5.41, 5.74) is 5.98. The molecule has 0 atom stereocenters. The zero-order chi connectivity index (χ0) is 10.2. The minimum atomic E-state index is 0.249. The normalized spacial score (nSPS) is 15.4. The fraction of sp³-hybridized carbons (Fsp3) is 0.400. The Morgan fingerprint density at radius 1 is 0.929 bits per heavy atom. The van der Waals surface area contributed by atoms with Gasteiger partial charge in [0.1, 0.15) is 5.75 Å². The third-order valence-corrected chi connectivity index (χ3v) is 1.64. The van der Waals surface area contributed by atoms with Crippen molar-refractivity contribution in [2.24, 2.45) is 0 Å². The summed E-state index contributed by atoms with van der Waals surface area (Å²) in [5.74, 6) is 0.249. The smallest absolute Gasteiger partial charge is 0.115 e. The average molecular weight is 197 g/mol. The number of hydrogen-bond acceptors (Lipinski definition) is 4. The van der Waals surface area contributed by atoms with E-state index in [-0.39, 0.29) is 5.75 Å². The standard InChI is InChI=1S/C6H7NO.C4H8O2/c7-5-1-3-6(8)4-2-5;1-2-6-4-3-5-1/h1-4,8H,7H2;1-4H2. The van der Waals surface area contributed by atoms with Crippen molar-refractivity contribution in [1.29, 1.82) is 0 Å². The highest BCUT2D eigenvalue weighted by molar-refractivity contribution is 5.40. The van der Waals surface area contributed by atoms with E-state index >= 15 is 0 Å². The maximum absolute atomic E-state index is 8.70. The van der Waals surface area contributed by atoms with E-state index in [9.17, 15) is 0 Å². The van der Waals surface area contributed by atoms with Crippen LogP contribution in [-0.2, 0) is 9.47 Å². The SMILES string of the molecule is C1COCCO1.Nc1ccc(O)cc1. The largest absolute Gasteiger partial charge is 0.508 e. The molecule has 3 N–H and O–H groups in total. The lowest BCUT2D eigenvalue weighted by Crippen LogP contribution is -2.16. The summed E-state index contributed by atoms with van der Waals surface area (Å²) in [6.45, 7) is 3.11. The molecule has 1 aromatic rings. The van der Waals surface area contributed by atoms with Crippen molar-refractivity contribution in [1.82, 2.24) is 0 Å². The first-order chi connectivity index (χ1) is 6.79. The highest BCUT2D eigenvalue weighted by Crippen LogP contribution is 2.09. The first-order valence-electron chi connectivity index (χ1n) is 4.49. The van der Waals surface area contributed by atoms with Gasteiger partial charge in [0.25, 0.3) is 0 Å². The number of nitrogen functional groups attached to an aromatic ring is 1. The van der Waals surface area contributed by atoms with Crippen molar-refractivity contribution in [2.75, 3.05) is 32.2 Å². The second-order valence-electron chi connectivity index (χ2n) is 2.82. The zero-order valence-electron chi connectivity index (χ0n) is 7.98. The molecule has 0 radical (unpaired) electrons. The van der Waals surface area contributed by atoms with Crippen LogP contribution in [-0.4, -0.2) is 31.5 Å². The van der Waals surface area contributed by atoms with Crippen LogP contribution in [0.5, 0.6) is 5.75 Å². The van der Waals surface area contributed by atoms with E-state index < -0.39 is 0 Å². The van der Waals surface area contributed by atoms with Crippen molar-refractivity contribution < 1.29 is 14.6 Å². The molecule has 0 bridgehead atoms. The van der Waals surface area contributed by atoms with E-state index in [2.05, 4.69) is 0 Å². The Morgan fingerprint density at radius 2 is 1.36 bits per heavy atom. The molecule has 2 rings (SSSR count). The number of anilines is 1. The molecule has 1 fully saturated rings. The molecule has 1 heterocycles. The predicted octanol–water partition coefficient (Wildman–Crippen LogP) is 1.01. The van der Waals surface area contributed by atoms with Gasteiger partial charge in [-0.05, 0) is 24.3 Å². The van der Waals surface area contributed by atoms with Gasteiger partial charge in [0.2, 0.25) is 0 Å². The van der Waals surface area contributed by atoms with Crippen LogP contribution in [0.25, 0.3) is 0 Å². The summed E-state index contributed by atoms with van der Waals surface area (Å²) in [4.78, 5) is 0. The van der Waals surface area contributed by atoms with E-state index in [1.165, 1.54) is 0 Å². The molecule has 0 aromatic heterocycles. The maximum Gasteiger partial charge on any atom is 0.115 e. The molecule has 0 spiro atoms. The van der Waals surface area contributed by atoms with E-state index in [4.69, 9.17) is 20.3 Å². The molecule has 1 saturated heterocycles. The molecule has 4 heteroatoms. The third-order valence-electron chi connectivity index (χ3n) is 1.64. The van der Waals surface area contributed by atoms with Crippen LogP contribution in [0.4, 0.5) is 5.69 Å². The fourth-order valence-electron chi connectivity index (χ4n) is 0.914. The zero-order valence-corrected chi connectivity index (χ0v) is 7.98. The van der Waals surface area contributed by atoms with Gasteiger partial charge in [0, 0.05) is 5.69 Å². The Kier molecular flexibility index (Phi) is 4.82. The first-order valence-corrected chi connectivity index (χ1v) is 4.49. The van der Waals surface area contributed by atoms with Crippen molar-refractivity contribution in [3.05, 3.63) is 24.3 Å². The Labute approximate surface area is 83.3 Å². The van der Waals surface area contributed by atoms with Crippen molar-refractivity contribution in [3.63, 3.8) is 0 Å². The minimum absolute atomic E-state index is 0.249. The number of phenolic OH excluding ortho intramolecular Hbond substituents is 1. The van der Waals surface area contributed by atoms with Crippen molar-refractivity contribution in [3.8, 4) is 5.75 Å². The molecule has 0 aliphatic carbocycles. The Bertz CT molecular complexity index is 212. The average Bonchev–Trinajstić information content (AvgIpc) is 2.26. The summed E-state index contributed by atoms with van der Waals surface area (Å²) < 4.78 is 9.89. The summed E-state index contributed by atoms with van der Waals surface area (Å²) in [5, 5.41) is 8.70. The summed E-state index contributed by atoms with van der Waals surface area (Å²) in [6, 6.07) is 6.40. The molecular weight excluding hydrogens is 182 g/mol. The van der Waals surface area contributed by atoms with Crippen LogP contribution in [0.15, 0.2) is 24.3 Å². The van der Waals surface area contributed by atoms with Crippen LogP contribution in [0.2, 0.25) is 0 Å². The van der Waals surface area contributed by atoms with Gasteiger partial charge in [0.05, 0.1) is 26.4 Å². The van der Waals surface area contributed by atoms with Gasteiger partial charge in [-0.2, -0.15) is 0 Å². The highest BCUT2D eigenvalue weighted by Gasteiger charge is 1.94. The van der Waals surface area contributed by atoms with Crippen LogP contribution in [0.3, 0.4) is 0 Å². The third kappa shape index (κ3) is 4.69. The number of ether oxygens (including phenoxy) is 2. The number of hydrogen-bond donors (Lipinski definition) is 2. The quantitative estimate of drug-likeness (QED) is 0.481. The summed E-state index contributed by atoms with van der Waals surface area (Å²) >= 11 is 0. The van der Waals surface area contributed by atoms with E-state index in [0.29, 0.717) is 5.69 Å². The van der Waals surface area contributed by atoms with Gasteiger partial charge >= 0.3 is 0 Å². The molecule has 1 aromatic carbocycles. The topological polar surface area (TPSA) is 64.7 Å². The molecule has 4 nitrogen and oxygen atoms in total. The second kappa shape index (κ2) is 6.23. The highest BCUT2D eigenvalue weighted by atomic mass is 16.6. The predicted molar refractivity (Wildman–Crippen MR) is 54.2 cm³/mol. The lowest BCUT2D eigenvalue weighted by Gasteiger charge is -2.09. The number of aromatic hydroxyl groups is 1. The molecule has 1 aliphatic rings.